The predicted octanol–water partition coefficient (Wildman–Crippen LogP) is 2.46. The van der Waals surface area contributed by atoms with Crippen LogP contribution in [0.1, 0.15) is 5.56 Å². The van der Waals surface area contributed by atoms with Gasteiger partial charge in [0.05, 0.1) is 39.9 Å². The van der Waals surface area contributed by atoms with Gasteiger partial charge in [0.2, 0.25) is 0 Å². The van der Waals surface area contributed by atoms with Crippen LogP contribution in [0.4, 0.5) is 0 Å². The second-order valence-corrected chi connectivity index (χ2v) is 3.23. The second-order valence-electron chi connectivity index (χ2n) is 2.96. The van der Waals surface area contributed by atoms with Crippen LogP contribution < -0.4 is 18.9 Å². The van der Waals surface area contributed by atoms with Gasteiger partial charge >= 0.3 is 0 Å². The number of halogens is 1. The highest BCUT2D eigenvalue weighted by atomic mass is 35.5. The molecule has 0 radical (unpaired) electrons. The Balaban J connectivity index is 3.47. The number of ether oxygens (including phenoxy) is 4. The quantitative estimate of drug-likeness (QED) is 0.748. The Morgan fingerprint density at radius 1 is 0.875 bits per heavy atom. The van der Waals surface area contributed by atoms with Crippen molar-refractivity contribution in [3.05, 3.63) is 11.6 Å². The van der Waals surface area contributed by atoms with Gasteiger partial charge in [-0.3, -0.25) is 0 Å². The van der Waals surface area contributed by atoms with Crippen molar-refractivity contribution < 1.29 is 18.9 Å². The van der Waals surface area contributed by atoms with Crippen molar-refractivity contribution in [1.29, 1.82) is 0 Å². The maximum atomic E-state index is 5.88. The van der Waals surface area contributed by atoms with Crippen LogP contribution in [-0.2, 0) is 5.88 Å². The molecule has 0 saturated carbocycles. The first kappa shape index (κ1) is 12.8. The van der Waals surface area contributed by atoms with Gasteiger partial charge in [-0.2, -0.15) is 0 Å². The SMILES string of the molecule is COc1cc(OC)c(OC)c(CCl)c1OC. The van der Waals surface area contributed by atoms with E-state index < -0.39 is 0 Å². The lowest BCUT2D eigenvalue weighted by molar-refractivity contribution is 0.325. The smallest absolute Gasteiger partial charge is 0.169 e. The largest absolute Gasteiger partial charge is 0.493 e. The zero-order valence-corrected chi connectivity index (χ0v) is 10.6. The van der Waals surface area contributed by atoms with Crippen LogP contribution in [0.5, 0.6) is 23.0 Å². The molecular formula is C11H15ClO4. The Labute approximate surface area is 100 Å². The molecule has 0 spiro atoms. The van der Waals surface area contributed by atoms with Gasteiger partial charge in [-0.25, -0.2) is 0 Å². The molecule has 0 amide bonds. The zero-order chi connectivity index (χ0) is 12.1. The summed E-state index contributed by atoms with van der Waals surface area (Å²) in [4.78, 5) is 0. The van der Waals surface area contributed by atoms with E-state index in [4.69, 9.17) is 30.5 Å². The monoisotopic (exact) mass is 246 g/mol. The molecule has 0 N–H and O–H groups in total. The summed E-state index contributed by atoms with van der Waals surface area (Å²) < 4.78 is 20.9. The predicted molar refractivity (Wildman–Crippen MR) is 62.2 cm³/mol. The van der Waals surface area contributed by atoms with Crippen LogP contribution in [-0.4, -0.2) is 28.4 Å². The molecule has 1 aromatic rings. The van der Waals surface area contributed by atoms with Crippen molar-refractivity contribution in [2.75, 3.05) is 28.4 Å². The van der Waals surface area contributed by atoms with Gasteiger partial charge in [0, 0.05) is 6.07 Å². The van der Waals surface area contributed by atoms with Gasteiger partial charge in [-0.1, -0.05) is 0 Å². The van der Waals surface area contributed by atoms with Crippen LogP contribution >= 0.6 is 11.6 Å². The summed E-state index contributed by atoms with van der Waals surface area (Å²) in [6.45, 7) is 0. The van der Waals surface area contributed by atoms with Crippen LogP contribution in [0.3, 0.4) is 0 Å². The standard InChI is InChI=1S/C11H15ClO4/c1-13-8-5-9(14-2)11(16-4)7(6-12)10(8)15-3/h5H,6H2,1-4H3. The van der Waals surface area contributed by atoms with E-state index >= 15 is 0 Å². The average Bonchev–Trinajstić information content (AvgIpc) is 2.35. The highest BCUT2D eigenvalue weighted by Crippen LogP contribution is 2.44. The van der Waals surface area contributed by atoms with Gasteiger partial charge in [0.1, 0.15) is 0 Å². The Morgan fingerprint density at radius 2 is 1.31 bits per heavy atom. The summed E-state index contributed by atoms with van der Waals surface area (Å²) in [6, 6.07) is 1.70. The Morgan fingerprint density at radius 3 is 1.56 bits per heavy atom. The molecule has 4 nitrogen and oxygen atoms in total. The Hall–Kier alpha value is -1.29. The van der Waals surface area contributed by atoms with Crippen molar-refractivity contribution in [3.63, 3.8) is 0 Å². The highest BCUT2D eigenvalue weighted by molar-refractivity contribution is 6.17. The molecule has 0 unspecified atom stereocenters. The molecule has 0 heterocycles. The molecule has 1 aromatic carbocycles. The number of hydrogen-bond acceptors (Lipinski definition) is 4. The van der Waals surface area contributed by atoms with Gasteiger partial charge in [0.15, 0.2) is 23.0 Å². The van der Waals surface area contributed by atoms with E-state index in [1.54, 1.807) is 34.5 Å². The van der Waals surface area contributed by atoms with Gasteiger partial charge in [0.25, 0.3) is 0 Å². The molecule has 0 fully saturated rings. The lowest BCUT2D eigenvalue weighted by Gasteiger charge is -2.17. The third kappa shape index (κ3) is 2.11. The fourth-order valence-corrected chi connectivity index (χ4v) is 1.77. The fourth-order valence-electron chi connectivity index (χ4n) is 1.52. The normalized spacial score (nSPS) is 9.81. The van der Waals surface area contributed by atoms with Crippen molar-refractivity contribution >= 4 is 11.6 Å². The molecule has 0 aliphatic carbocycles. The molecule has 0 atom stereocenters. The lowest BCUT2D eigenvalue weighted by atomic mass is 10.1. The molecule has 5 heteroatoms. The molecule has 0 aliphatic heterocycles. The van der Waals surface area contributed by atoms with E-state index in [1.165, 1.54) is 0 Å². The van der Waals surface area contributed by atoms with E-state index in [-0.39, 0.29) is 5.88 Å². The fraction of sp³-hybridized carbons (Fsp3) is 0.455. The number of alkyl halides is 1. The van der Waals surface area contributed by atoms with Crippen molar-refractivity contribution in [1.82, 2.24) is 0 Å². The minimum absolute atomic E-state index is 0.250. The lowest BCUT2D eigenvalue weighted by Crippen LogP contribution is -2.00. The number of hydrogen-bond donors (Lipinski definition) is 0. The van der Waals surface area contributed by atoms with Crippen LogP contribution in [0.2, 0.25) is 0 Å². The summed E-state index contributed by atoms with van der Waals surface area (Å²) in [5.74, 6) is 2.51. The first-order valence-electron chi connectivity index (χ1n) is 4.65. The summed E-state index contributed by atoms with van der Waals surface area (Å²) in [7, 11) is 6.23. The number of rotatable bonds is 5. The molecule has 0 bridgehead atoms. The highest BCUT2D eigenvalue weighted by Gasteiger charge is 2.20. The summed E-state index contributed by atoms with van der Waals surface area (Å²) >= 11 is 5.88. The van der Waals surface area contributed by atoms with Gasteiger partial charge in [-0.05, 0) is 0 Å². The van der Waals surface area contributed by atoms with E-state index in [1.807, 2.05) is 0 Å². The second kappa shape index (κ2) is 5.70. The number of benzene rings is 1. The summed E-state index contributed by atoms with van der Waals surface area (Å²) in [5.41, 5.74) is 0.711. The molecule has 0 aliphatic rings. The van der Waals surface area contributed by atoms with E-state index in [9.17, 15) is 0 Å². The van der Waals surface area contributed by atoms with Crippen LogP contribution in [0.15, 0.2) is 6.07 Å². The van der Waals surface area contributed by atoms with Crippen LogP contribution in [0.25, 0.3) is 0 Å². The summed E-state index contributed by atoms with van der Waals surface area (Å²) in [5, 5.41) is 0. The van der Waals surface area contributed by atoms with Crippen molar-refractivity contribution in [2.24, 2.45) is 0 Å². The van der Waals surface area contributed by atoms with E-state index in [0.29, 0.717) is 28.6 Å². The minimum atomic E-state index is 0.250. The minimum Gasteiger partial charge on any atom is -0.493 e. The molecular weight excluding hydrogens is 232 g/mol. The van der Waals surface area contributed by atoms with Crippen molar-refractivity contribution in [3.8, 4) is 23.0 Å². The molecule has 90 valence electrons. The molecule has 0 saturated heterocycles. The third-order valence-corrected chi connectivity index (χ3v) is 2.51. The maximum absolute atomic E-state index is 5.88. The van der Waals surface area contributed by atoms with Gasteiger partial charge in [-0.15, -0.1) is 11.6 Å². The summed E-state index contributed by atoms with van der Waals surface area (Å²) in [6.07, 6.45) is 0. The van der Waals surface area contributed by atoms with Crippen molar-refractivity contribution in [2.45, 2.75) is 5.88 Å². The zero-order valence-electron chi connectivity index (χ0n) is 9.80. The first-order valence-corrected chi connectivity index (χ1v) is 5.18. The first-order chi connectivity index (χ1) is 7.73. The van der Waals surface area contributed by atoms with E-state index in [0.717, 1.165) is 0 Å². The molecule has 0 aromatic heterocycles. The molecule has 16 heavy (non-hydrogen) atoms. The Kier molecular flexibility index (Phi) is 4.55. The number of methoxy groups -OCH3 is 4. The third-order valence-electron chi connectivity index (χ3n) is 2.24. The maximum Gasteiger partial charge on any atom is 0.169 e. The van der Waals surface area contributed by atoms with E-state index in [2.05, 4.69) is 0 Å². The molecule has 1 rings (SSSR count). The average molecular weight is 247 g/mol. The topological polar surface area (TPSA) is 36.9 Å². The van der Waals surface area contributed by atoms with Crippen LogP contribution in [0, 0.1) is 0 Å². The van der Waals surface area contributed by atoms with Gasteiger partial charge < -0.3 is 18.9 Å². The Bertz CT molecular complexity index is 335.